The number of hydrogen-bond donors (Lipinski definition) is 1. The number of aryl methyl sites for hydroxylation is 1. The monoisotopic (exact) mass is 457 g/mol. The highest BCUT2D eigenvalue weighted by molar-refractivity contribution is 9.10. The molecular weight excluding hydrogens is 437 g/mol. The Hall–Kier alpha value is -1.71. The SMILES string of the molecule is Cn1cc(S(=O)(=O)N2CCCCC2)cc1C(=O)NCc1cc(Br)ccc1F. The Kier molecular flexibility index (Phi) is 6.02. The molecule has 0 atom stereocenters. The van der Waals surface area contributed by atoms with E-state index in [-0.39, 0.29) is 17.1 Å². The molecular formula is C18H21BrFN3O3S. The van der Waals surface area contributed by atoms with Gasteiger partial charge in [0.1, 0.15) is 16.4 Å². The van der Waals surface area contributed by atoms with E-state index in [0.29, 0.717) is 23.1 Å². The van der Waals surface area contributed by atoms with Gasteiger partial charge in [-0.2, -0.15) is 4.31 Å². The van der Waals surface area contributed by atoms with Gasteiger partial charge in [-0.05, 0) is 37.1 Å². The minimum Gasteiger partial charge on any atom is -0.347 e. The van der Waals surface area contributed by atoms with Crippen molar-refractivity contribution in [3.05, 3.63) is 52.0 Å². The van der Waals surface area contributed by atoms with Crippen LogP contribution in [-0.4, -0.2) is 36.3 Å². The van der Waals surface area contributed by atoms with Gasteiger partial charge in [0, 0.05) is 42.9 Å². The van der Waals surface area contributed by atoms with E-state index in [2.05, 4.69) is 21.2 Å². The van der Waals surface area contributed by atoms with E-state index in [1.165, 1.54) is 27.2 Å². The van der Waals surface area contributed by atoms with E-state index in [1.54, 1.807) is 19.2 Å². The van der Waals surface area contributed by atoms with Gasteiger partial charge in [-0.1, -0.05) is 22.4 Å². The number of amides is 1. The van der Waals surface area contributed by atoms with E-state index < -0.39 is 21.7 Å². The molecule has 0 unspecified atom stereocenters. The standard InChI is InChI=1S/C18H21BrFN3O3S/c1-22-12-15(27(25,26)23-7-3-2-4-8-23)10-17(22)18(24)21-11-13-9-14(19)5-6-16(13)20/h5-6,9-10,12H,2-4,7-8,11H2,1H3,(H,21,24). The zero-order valence-corrected chi connectivity index (χ0v) is 17.3. The van der Waals surface area contributed by atoms with Crippen LogP contribution >= 0.6 is 15.9 Å². The lowest BCUT2D eigenvalue weighted by molar-refractivity contribution is 0.0942. The number of carbonyl (C=O) groups excluding carboxylic acids is 1. The first-order chi connectivity index (χ1) is 12.8. The van der Waals surface area contributed by atoms with Crippen molar-refractivity contribution in [1.29, 1.82) is 0 Å². The largest absolute Gasteiger partial charge is 0.347 e. The predicted molar refractivity (Wildman–Crippen MR) is 103 cm³/mol. The first-order valence-corrected chi connectivity index (χ1v) is 10.9. The van der Waals surface area contributed by atoms with Gasteiger partial charge in [-0.25, -0.2) is 12.8 Å². The Bertz CT molecular complexity index is 953. The number of nitrogens with zero attached hydrogens (tertiary/aromatic N) is 2. The average Bonchev–Trinajstić information content (AvgIpc) is 3.05. The van der Waals surface area contributed by atoms with Crippen molar-refractivity contribution in [2.45, 2.75) is 30.7 Å². The molecule has 2 heterocycles. The fourth-order valence-corrected chi connectivity index (χ4v) is 5.10. The van der Waals surface area contributed by atoms with Crippen LogP contribution in [0.25, 0.3) is 0 Å². The summed E-state index contributed by atoms with van der Waals surface area (Å²) < 4.78 is 43.0. The van der Waals surface area contributed by atoms with Crippen molar-refractivity contribution < 1.29 is 17.6 Å². The second-order valence-corrected chi connectivity index (χ2v) is 9.41. The lowest BCUT2D eigenvalue weighted by Gasteiger charge is -2.25. The maximum atomic E-state index is 13.8. The molecule has 27 heavy (non-hydrogen) atoms. The Morgan fingerprint density at radius 3 is 2.63 bits per heavy atom. The minimum absolute atomic E-state index is 0.00347. The number of hydrogen-bond acceptors (Lipinski definition) is 3. The molecule has 1 aliphatic rings. The quantitative estimate of drug-likeness (QED) is 0.749. The van der Waals surface area contributed by atoms with Gasteiger partial charge >= 0.3 is 0 Å². The molecule has 1 aromatic heterocycles. The van der Waals surface area contributed by atoms with E-state index in [4.69, 9.17) is 0 Å². The van der Waals surface area contributed by atoms with Crippen LogP contribution in [0.1, 0.15) is 35.3 Å². The van der Waals surface area contributed by atoms with E-state index in [1.807, 2.05) is 0 Å². The van der Waals surface area contributed by atoms with Gasteiger partial charge in [0.05, 0.1) is 0 Å². The fraction of sp³-hybridized carbons (Fsp3) is 0.389. The Morgan fingerprint density at radius 2 is 1.93 bits per heavy atom. The molecule has 0 radical (unpaired) electrons. The van der Waals surface area contributed by atoms with Crippen molar-refractivity contribution in [3.63, 3.8) is 0 Å². The molecule has 1 saturated heterocycles. The Labute approximate surface area is 166 Å². The van der Waals surface area contributed by atoms with Crippen molar-refractivity contribution >= 4 is 31.9 Å². The van der Waals surface area contributed by atoms with Gasteiger partial charge < -0.3 is 9.88 Å². The summed E-state index contributed by atoms with van der Waals surface area (Å²) in [5.74, 6) is -0.879. The van der Waals surface area contributed by atoms with Crippen molar-refractivity contribution in [1.82, 2.24) is 14.2 Å². The number of nitrogens with one attached hydrogen (secondary N) is 1. The minimum atomic E-state index is -3.61. The number of rotatable bonds is 5. The third-order valence-electron chi connectivity index (χ3n) is 4.61. The summed E-state index contributed by atoms with van der Waals surface area (Å²) in [4.78, 5) is 12.6. The van der Waals surface area contributed by atoms with E-state index >= 15 is 0 Å². The molecule has 3 rings (SSSR count). The molecule has 1 aliphatic heterocycles. The Morgan fingerprint density at radius 1 is 1.22 bits per heavy atom. The summed E-state index contributed by atoms with van der Waals surface area (Å²) in [6.07, 6.45) is 4.16. The lowest BCUT2D eigenvalue weighted by Crippen LogP contribution is -2.35. The first kappa shape index (κ1) is 20.0. The molecule has 0 bridgehead atoms. The number of halogens is 2. The predicted octanol–water partition coefficient (Wildman–Crippen LogP) is 3.03. The van der Waals surface area contributed by atoms with Crippen molar-refractivity contribution in [3.8, 4) is 0 Å². The van der Waals surface area contributed by atoms with Crippen LogP contribution in [0.2, 0.25) is 0 Å². The van der Waals surface area contributed by atoms with Crippen LogP contribution in [-0.2, 0) is 23.6 Å². The van der Waals surface area contributed by atoms with E-state index in [9.17, 15) is 17.6 Å². The number of aromatic nitrogens is 1. The second-order valence-electron chi connectivity index (χ2n) is 6.56. The molecule has 0 aliphatic carbocycles. The third-order valence-corrected chi connectivity index (χ3v) is 6.97. The molecule has 0 saturated carbocycles. The van der Waals surface area contributed by atoms with Crippen LogP contribution in [0.5, 0.6) is 0 Å². The summed E-state index contributed by atoms with van der Waals surface area (Å²) in [7, 11) is -2.00. The van der Waals surface area contributed by atoms with Gasteiger partial charge in [0.2, 0.25) is 10.0 Å². The summed E-state index contributed by atoms with van der Waals surface area (Å²) in [5, 5.41) is 2.64. The van der Waals surface area contributed by atoms with Crippen LogP contribution in [0.4, 0.5) is 4.39 Å². The van der Waals surface area contributed by atoms with Gasteiger partial charge in [0.25, 0.3) is 5.91 Å². The van der Waals surface area contributed by atoms with Crippen molar-refractivity contribution in [2.75, 3.05) is 13.1 Å². The molecule has 0 spiro atoms. The lowest BCUT2D eigenvalue weighted by atomic mass is 10.2. The number of piperidine rings is 1. The highest BCUT2D eigenvalue weighted by Crippen LogP contribution is 2.22. The van der Waals surface area contributed by atoms with Crippen LogP contribution in [0, 0.1) is 5.82 Å². The van der Waals surface area contributed by atoms with Gasteiger partial charge in [0.15, 0.2) is 0 Å². The maximum Gasteiger partial charge on any atom is 0.268 e. The molecule has 9 heteroatoms. The van der Waals surface area contributed by atoms with Crippen LogP contribution < -0.4 is 5.32 Å². The zero-order chi connectivity index (χ0) is 19.6. The molecule has 2 aromatic rings. The molecule has 1 fully saturated rings. The topological polar surface area (TPSA) is 71.4 Å². The molecule has 146 valence electrons. The summed E-state index contributed by atoms with van der Waals surface area (Å²) in [6.45, 7) is 1.01. The molecule has 1 aromatic carbocycles. The van der Waals surface area contributed by atoms with E-state index in [0.717, 1.165) is 19.3 Å². The summed E-state index contributed by atoms with van der Waals surface area (Å²) in [5.41, 5.74) is 0.550. The van der Waals surface area contributed by atoms with Gasteiger partial charge in [-0.15, -0.1) is 0 Å². The van der Waals surface area contributed by atoms with Gasteiger partial charge in [-0.3, -0.25) is 4.79 Å². The summed E-state index contributed by atoms with van der Waals surface area (Å²) in [6, 6.07) is 5.86. The Balaban J connectivity index is 1.75. The smallest absolute Gasteiger partial charge is 0.268 e. The fourth-order valence-electron chi connectivity index (χ4n) is 3.10. The average molecular weight is 458 g/mol. The highest BCUT2D eigenvalue weighted by Gasteiger charge is 2.28. The normalized spacial score (nSPS) is 15.7. The summed E-state index contributed by atoms with van der Waals surface area (Å²) >= 11 is 3.27. The molecule has 1 N–H and O–H groups in total. The van der Waals surface area contributed by atoms with Crippen LogP contribution in [0.3, 0.4) is 0 Å². The van der Waals surface area contributed by atoms with Crippen molar-refractivity contribution in [2.24, 2.45) is 7.05 Å². The number of sulfonamides is 1. The first-order valence-electron chi connectivity index (χ1n) is 8.67. The zero-order valence-electron chi connectivity index (χ0n) is 14.9. The number of benzene rings is 1. The molecule has 6 nitrogen and oxygen atoms in total. The maximum absolute atomic E-state index is 13.8. The number of carbonyl (C=O) groups is 1. The highest BCUT2D eigenvalue weighted by atomic mass is 79.9. The molecule has 1 amide bonds. The second kappa shape index (κ2) is 8.12. The van der Waals surface area contributed by atoms with Crippen LogP contribution in [0.15, 0.2) is 39.8 Å². The third kappa shape index (κ3) is 4.41.